The first kappa shape index (κ1) is 31.3. The molecule has 0 bridgehead atoms. The first-order valence-electron chi connectivity index (χ1n) is 13.9. The van der Waals surface area contributed by atoms with Crippen molar-refractivity contribution in [1.29, 1.82) is 0 Å². The monoisotopic (exact) mass is 605 g/mol. The molecule has 1 aliphatic rings. The third-order valence-corrected chi connectivity index (χ3v) is 9.02. The second kappa shape index (κ2) is 14.0. The minimum Gasteiger partial charge on any atom is -0.496 e. The molecule has 0 radical (unpaired) electrons. The van der Waals surface area contributed by atoms with Crippen LogP contribution in [0.4, 0.5) is 17.2 Å². The van der Waals surface area contributed by atoms with Crippen LogP contribution in [0, 0.1) is 11.8 Å². The normalized spacial score (nSPS) is 15.3. The molecule has 0 saturated carbocycles. The van der Waals surface area contributed by atoms with Gasteiger partial charge in [-0.05, 0) is 70.0 Å². The molecule has 220 valence electrons. The highest BCUT2D eigenvalue weighted by atomic mass is 35.5. The molecule has 1 fully saturated rings. The zero-order chi connectivity index (χ0) is 30.3. The van der Waals surface area contributed by atoms with Gasteiger partial charge in [0, 0.05) is 23.3 Å². The fourth-order valence-electron chi connectivity index (χ4n) is 4.90. The Kier molecular flexibility index (Phi) is 10.5. The lowest BCUT2D eigenvalue weighted by Crippen LogP contribution is -2.37. The van der Waals surface area contributed by atoms with E-state index in [1.807, 2.05) is 36.4 Å². The van der Waals surface area contributed by atoms with E-state index < -0.39 is 7.14 Å². The molecule has 1 saturated heterocycles. The number of nitrogens with zero attached hydrogens (tertiary/aromatic N) is 3. The summed E-state index contributed by atoms with van der Waals surface area (Å²) in [6.45, 7) is 10.9. The number of benzene rings is 2. The zero-order valence-corrected chi connectivity index (χ0v) is 26.2. The molecule has 1 aliphatic heterocycles. The average molecular weight is 606 g/mol. The van der Waals surface area contributed by atoms with Gasteiger partial charge in [0.05, 0.1) is 36.8 Å². The summed E-state index contributed by atoms with van der Waals surface area (Å²) in [7, 11) is -0.959. The third kappa shape index (κ3) is 8.01. The van der Waals surface area contributed by atoms with Crippen molar-refractivity contribution in [2.45, 2.75) is 38.6 Å². The van der Waals surface area contributed by atoms with Crippen molar-refractivity contribution < 1.29 is 14.1 Å². The van der Waals surface area contributed by atoms with Crippen molar-refractivity contribution in [1.82, 2.24) is 14.9 Å². The maximum absolute atomic E-state index is 12.8. The van der Waals surface area contributed by atoms with E-state index >= 15 is 0 Å². The molecule has 1 amide bonds. The fraction of sp³-hybridized carbons (Fsp3) is 0.344. The highest BCUT2D eigenvalue weighted by molar-refractivity contribution is 7.70. The van der Waals surface area contributed by atoms with Gasteiger partial charge < -0.3 is 19.9 Å². The number of rotatable bonds is 9. The lowest BCUT2D eigenvalue weighted by Gasteiger charge is -2.31. The van der Waals surface area contributed by atoms with Crippen LogP contribution in [0.1, 0.15) is 43.1 Å². The molecule has 1 unspecified atom stereocenters. The van der Waals surface area contributed by atoms with E-state index in [0.717, 1.165) is 12.1 Å². The quantitative estimate of drug-likeness (QED) is 0.174. The van der Waals surface area contributed by atoms with Crippen LogP contribution in [-0.4, -0.2) is 60.3 Å². The number of likely N-dealkylation sites (tertiary alicyclic amines) is 1. The van der Waals surface area contributed by atoms with Crippen molar-refractivity contribution in [3.8, 4) is 17.6 Å². The van der Waals surface area contributed by atoms with Crippen LogP contribution in [0.2, 0.25) is 5.02 Å². The predicted octanol–water partition coefficient (Wildman–Crippen LogP) is 6.07. The average Bonchev–Trinajstić information content (AvgIpc) is 2.96. The van der Waals surface area contributed by atoms with Gasteiger partial charge in [0.2, 0.25) is 5.91 Å². The molecule has 10 heteroatoms. The Labute approximate surface area is 253 Å². The molecule has 2 aromatic carbocycles. The van der Waals surface area contributed by atoms with Gasteiger partial charge in [-0.25, -0.2) is 9.97 Å². The number of carbonyl (C=O) groups excluding carboxylic acids is 1. The lowest BCUT2D eigenvalue weighted by molar-refractivity contribution is -0.111. The van der Waals surface area contributed by atoms with Gasteiger partial charge in [-0.1, -0.05) is 48.6 Å². The summed E-state index contributed by atoms with van der Waals surface area (Å²) < 4.78 is 18.6. The van der Waals surface area contributed by atoms with E-state index in [1.54, 1.807) is 20.4 Å². The largest absolute Gasteiger partial charge is 0.496 e. The Morgan fingerprint density at radius 3 is 2.76 bits per heavy atom. The van der Waals surface area contributed by atoms with E-state index in [0.29, 0.717) is 63.7 Å². The summed E-state index contributed by atoms with van der Waals surface area (Å²) in [5, 5.41) is 7.15. The van der Waals surface area contributed by atoms with Crippen molar-refractivity contribution >= 4 is 47.1 Å². The SMILES string of the molecule is C=CC(=O)Nc1cc(Cc2ncc(Cl)c(Nc3ccccc3P(C)(C)=O)n2)c(OC)cc1C#CCN1CCCCC1C. The number of piperidine rings is 1. The summed E-state index contributed by atoms with van der Waals surface area (Å²) in [4.78, 5) is 23.8. The number of aromatic nitrogens is 2. The number of nitrogens with one attached hydrogen (secondary N) is 2. The number of hydrogen-bond donors (Lipinski definition) is 2. The number of ether oxygens (including phenoxy) is 1. The summed E-state index contributed by atoms with van der Waals surface area (Å²) in [6.07, 6.45) is 6.67. The number of carbonyl (C=O) groups is 1. The van der Waals surface area contributed by atoms with E-state index in [4.69, 9.17) is 16.3 Å². The number of anilines is 3. The molecule has 2 N–H and O–H groups in total. The molecule has 0 aliphatic carbocycles. The topological polar surface area (TPSA) is 96.5 Å². The van der Waals surface area contributed by atoms with E-state index in [-0.39, 0.29) is 5.91 Å². The van der Waals surface area contributed by atoms with E-state index in [1.165, 1.54) is 31.5 Å². The predicted molar refractivity (Wildman–Crippen MR) is 172 cm³/mol. The Bertz CT molecular complexity index is 1580. The standard InChI is InChI=1S/C32H37ClN5O3P/c1-6-31(39)35-27-18-24(28(41-3)19-23(27)13-11-17-38-16-10-9-12-22(38)2)20-30-34-21-25(33)32(37-30)36-26-14-7-8-15-29(26)42(4,5)40/h6-8,14-15,18-19,21-22H,1,9-10,12,16-17,20H2,2-5H3,(H,35,39)(H,34,36,37). The van der Waals surface area contributed by atoms with Crippen LogP contribution in [-0.2, 0) is 15.8 Å². The number of methoxy groups -OCH3 is 1. The molecular weight excluding hydrogens is 569 g/mol. The van der Waals surface area contributed by atoms with Gasteiger partial charge in [0.25, 0.3) is 0 Å². The smallest absolute Gasteiger partial charge is 0.247 e. The van der Waals surface area contributed by atoms with Crippen LogP contribution in [0.25, 0.3) is 0 Å². The van der Waals surface area contributed by atoms with E-state index in [2.05, 4.69) is 50.8 Å². The molecule has 3 aromatic rings. The molecule has 1 atom stereocenters. The summed E-state index contributed by atoms with van der Waals surface area (Å²) in [5.74, 6) is 7.65. The maximum Gasteiger partial charge on any atom is 0.247 e. The van der Waals surface area contributed by atoms with Crippen molar-refractivity contribution in [2.75, 3.05) is 44.2 Å². The number of para-hydroxylation sites is 1. The molecule has 42 heavy (non-hydrogen) atoms. The van der Waals surface area contributed by atoms with Gasteiger partial charge >= 0.3 is 0 Å². The van der Waals surface area contributed by atoms with Crippen molar-refractivity contribution in [3.05, 3.63) is 77.2 Å². The first-order valence-corrected chi connectivity index (χ1v) is 16.9. The van der Waals surface area contributed by atoms with Gasteiger partial charge in [-0.3, -0.25) is 9.69 Å². The van der Waals surface area contributed by atoms with Crippen LogP contribution >= 0.6 is 18.7 Å². The minimum atomic E-state index is -2.55. The molecule has 2 heterocycles. The lowest BCUT2D eigenvalue weighted by atomic mass is 10.0. The van der Waals surface area contributed by atoms with Crippen molar-refractivity contribution in [3.63, 3.8) is 0 Å². The maximum atomic E-state index is 12.8. The summed E-state index contributed by atoms with van der Waals surface area (Å²) >= 11 is 6.45. The Hall–Kier alpha value is -3.63. The third-order valence-electron chi connectivity index (χ3n) is 7.19. The van der Waals surface area contributed by atoms with Gasteiger partial charge in [0.1, 0.15) is 23.7 Å². The highest BCUT2D eigenvalue weighted by Crippen LogP contribution is 2.38. The Balaban J connectivity index is 1.64. The summed E-state index contributed by atoms with van der Waals surface area (Å²) in [6, 6.07) is 11.6. The second-order valence-corrected chi connectivity index (χ2v) is 14.3. The van der Waals surface area contributed by atoms with Crippen LogP contribution in [0.5, 0.6) is 5.75 Å². The fourth-order valence-corrected chi connectivity index (χ4v) is 6.19. The molecular formula is C32H37ClN5O3P. The second-order valence-electron chi connectivity index (χ2n) is 10.7. The molecule has 4 rings (SSSR count). The van der Waals surface area contributed by atoms with Crippen molar-refractivity contribution in [2.24, 2.45) is 0 Å². The molecule has 8 nitrogen and oxygen atoms in total. The minimum absolute atomic E-state index is 0.298. The van der Waals surface area contributed by atoms with Crippen LogP contribution < -0.4 is 20.7 Å². The molecule has 0 spiro atoms. The number of halogens is 1. The van der Waals surface area contributed by atoms with Gasteiger partial charge in [-0.15, -0.1) is 0 Å². The Morgan fingerprint density at radius 2 is 2.05 bits per heavy atom. The van der Waals surface area contributed by atoms with Crippen LogP contribution in [0.15, 0.2) is 55.3 Å². The van der Waals surface area contributed by atoms with Gasteiger partial charge in [0.15, 0.2) is 5.82 Å². The first-order chi connectivity index (χ1) is 20.1. The zero-order valence-electron chi connectivity index (χ0n) is 24.5. The molecule has 1 aromatic heterocycles. The van der Waals surface area contributed by atoms with Crippen LogP contribution in [0.3, 0.4) is 0 Å². The number of amides is 1. The van der Waals surface area contributed by atoms with E-state index in [9.17, 15) is 9.36 Å². The van der Waals surface area contributed by atoms with Gasteiger partial charge in [-0.2, -0.15) is 0 Å². The Morgan fingerprint density at radius 1 is 1.26 bits per heavy atom. The number of hydrogen-bond acceptors (Lipinski definition) is 7. The summed E-state index contributed by atoms with van der Waals surface area (Å²) in [5.41, 5.74) is 2.63. The highest BCUT2D eigenvalue weighted by Gasteiger charge is 2.19.